The van der Waals surface area contributed by atoms with Crippen molar-refractivity contribution in [3.8, 4) is 0 Å². The molecule has 0 aliphatic rings. The molecule has 0 unspecified atom stereocenters. The fraction of sp³-hybridized carbons (Fsp3) is 0.0769. The van der Waals surface area contributed by atoms with Gasteiger partial charge in [0.05, 0.1) is 0 Å². The lowest BCUT2D eigenvalue weighted by Crippen LogP contribution is -2.20. The Morgan fingerprint density at radius 2 is 1.88 bits per heavy atom. The highest BCUT2D eigenvalue weighted by atomic mass is 16.2. The molecule has 0 radical (unpaired) electrons. The van der Waals surface area contributed by atoms with Crippen LogP contribution >= 0.6 is 0 Å². The second-order valence-electron chi connectivity index (χ2n) is 3.53. The molecule has 0 saturated heterocycles. The summed E-state index contributed by atoms with van der Waals surface area (Å²) >= 11 is 0. The Morgan fingerprint density at radius 1 is 1.19 bits per heavy atom. The molecular weight excluding hydrogens is 200 g/mol. The van der Waals surface area contributed by atoms with Gasteiger partial charge < -0.3 is 0 Å². The van der Waals surface area contributed by atoms with Crippen molar-refractivity contribution >= 4 is 23.4 Å². The van der Waals surface area contributed by atoms with Gasteiger partial charge in [-0.05, 0) is 22.9 Å². The highest BCUT2D eigenvalue weighted by Gasteiger charge is 2.09. The van der Waals surface area contributed by atoms with Crippen LogP contribution in [0.15, 0.2) is 47.6 Å². The van der Waals surface area contributed by atoms with Crippen molar-refractivity contribution in [1.29, 1.82) is 0 Å². The molecule has 0 bridgehead atoms. The van der Waals surface area contributed by atoms with E-state index in [1.807, 2.05) is 36.4 Å². The number of hydrogen-bond acceptors (Lipinski definition) is 2. The maximum absolute atomic E-state index is 11.8. The molecule has 3 heteroatoms. The molecule has 0 saturated carbocycles. The second-order valence-corrected chi connectivity index (χ2v) is 3.53. The smallest absolute Gasteiger partial charge is 0.267 e. The van der Waals surface area contributed by atoms with Gasteiger partial charge in [-0.15, -0.1) is 0 Å². The SMILES string of the molecule is C=NN(C)C(=O)c1ccc2ccccc2c1. The van der Waals surface area contributed by atoms with E-state index >= 15 is 0 Å². The van der Waals surface area contributed by atoms with Gasteiger partial charge in [0.1, 0.15) is 0 Å². The summed E-state index contributed by atoms with van der Waals surface area (Å²) in [6.45, 7) is 3.32. The molecule has 1 amide bonds. The molecule has 2 aromatic rings. The van der Waals surface area contributed by atoms with Crippen molar-refractivity contribution < 1.29 is 4.79 Å². The number of nitrogens with zero attached hydrogens (tertiary/aromatic N) is 2. The first kappa shape index (κ1) is 10.4. The van der Waals surface area contributed by atoms with Crippen LogP contribution in [0.4, 0.5) is 0 Å². The first-order valence-electron chi connectivity index (χ1n) is 4.96. The Balaban J connectivity index is 2.47. The minimum atomic E-state index is -0.152. The van der Waals surface area contributed by atoms with Crippen LogP contribution in [0.1, 0.15) is 10.4 Å². The molecule has 0 heterocycles. The number of amides is 1. The number of fused-ring (bicyclic) bond motifs is 1. The Bertz CT molecular complexity index is 548. The zero-order valence-electron chi connectivity index (χ0n) is 9.05. The number of carbonyl (C=O) groups excluding carboxylic acids is 1. The minimum Gasteiger partial charge on any atom is -0.267 e. The van der Waals surface area contributed by atoms with Crippen molar-refractivity contribution in [2.24, 2.45) is 5.10 Å². The predicted molar refractivity (Wildman–Crippen MR) is 65.6 cm³/mol. The summed E-state index contributed by atoms with van der Waals surface area (Å²) in [5.41, 5.74) is 0.619. The third-order valence-electron chi connectivity index (χ3n) is 2.50. The topological polar surface area (TPSA) is 32.7 Å². The number of benzene rings is 2. The van der Waals surface area contributed by atoms with E-state index in [9.17, 15) is 4.79 Å². The van der Waals surface area contributed by atoms with Crippen LogP contribution < -0.4 is 0 Å². The van der Waals surface area contributed by atoms with Crippen molar-refractivity contribution in [1.82, 2.24) is 5.01 Å². The molecule has 0 fully saturated rings. The third kappa shape index (κ3) is 1.80. The van der Waals surface area contributed by atoms with Crippen LogP contribution in [0.5, 0.6) is 0 Å². The van der Waals surface area contributed by atoms with Crippen LogP contribution in [0.25, 0.3) is 10.8 Å². The zero-order valence-corrected chi connectivity index (χ0v) is 9.05. The zero-order chi connectivity index (χ0) is 11.5. The van der Waals surface area contributed by atoms with Gasteiger partial charge in [0, 0.05) is 19.3 Å². The predicted octanol–water partition coefficient (Wildman–Crippen LogP) is 2.53. The number of hydrazone groups is 1. The summed E-state index contributed by atoms with van der Waals surface area (Å²) in [7, 11) is 1.59. The van der Waals surface area contributed by atoms with Crippen LogP contribution in [0.3, 0.4) is 0 Å². The van der Waals surface area contributed by atoms with Gasteiger partial charge in [-0.25, -0.2) is 5.01 Å². The van der Waals surface area contributed by atoms with Gasteiger partial charge in [-0.3, -0.25) is 4.79 Å². The molecule has 16 heavy (non-hydrogen) atoms. The largest absolute Gasteiger partial charge is 0.273 e. The summed E-state index contributed by atoms with van der Waals surface area (Å²) in [5, 5.41) is 6.97. The average molecular weight is 212 g/mol. The highest BCUT2D eigenvalue weighted by Crippen LogP contribution is 2.16. The fourth-order valence-electron chi connectivity index (χ4n) is 1.57. The van der Waals surface area contributed by atoms with Crippen molar-refractivity contribution in [2.45, 2.75) is 0 Å². The van der Waals surface area contributed by atoms with Crippen LogP contribution in [0, 0.1) is 0 Å². The van der Waals surface area contributed by atoms with E-state index in [0.29, 0.717) is 5.56 Å². The van der Waals surface area contributed by atoms with E-state index in [1.54, 1.807) is 13.1 Å². The van der Waals surface area contributed by atoms with E-state index in [2.05, 4.69) is 11.8 Å². The molecule has 0 aliphatic heterocycles. The van der Waals surface area contributed by atoms with Crippen molar-refractivity contribution in [3.63, 3.8) is 0 Å². The number of hydrogen-bond donors (Lipinski definition) is 0. The van der Waals surface area contributed by atoms with E-state index < -0.39 is 0 Å². The van der Waals surface area contributed by atoms with Crippen LogP contribution in [-0.2, 0) is 0 Å². The van der Waals surface area contributed by atoms with Gasteiger partial charge in [0.2, 0.25) is 0 Å². The first-order chi connectivity index (χ1) is 7.72. The summed E-state index contributed by atoms with van der Waals surface area (Å²) in [6.07, 6.45) is 0. The lowest BCUT2D eigenvalue weighted by atomic mass is 10.1. The lowest BCUT2D eigenvalue weighted by Gasteiger charge is -2.10. The Morgan fingerprint density at radius 3 is 2.56 bits per heavy atom. The van der Waals surface area contributed by atoms with Crippen LogP contribution in [0.2, 0.25) is 0 Å². The van der Waals surface area contributed by atoms with Gasteiger partial charge in [-0.2, -0.15) is 5.10 Å². The Hall–Kier alpha value is -2.16. The van der Waals surface area contributed by atoms with Crippen molar-refractivity contribution in [3.05, 3.63) is 48.0 Å². The van der Waals surface area contributed by atoms with Crippen molar-refractivity contribution in [2.75, 3.05) is 7.05 Å². The quantitative estimate of drug-likeness (QED) is 0.556. The van der Waals surface area contributed by atoms with E-state index in [1.165, 1.54) is 5.01 Å². The molecular formula is C13H12N2O. The summed E-state index contributed by atoms with van der Waals surface area (Å²) in [6, 6.07) is 13.5. The molecule has 80 valence electrons. The summed E-state index contributed by atoms with van der Waals surface area (Å²) in [4.78, 5) is 11.8. The molecule has 0 N–H and O–H groups in total. The molecule has 0 aromatic heterocycles. The monoisotopic (exact) mass is 212 g/mol. The first-order valence-corrected chi connectivity index (χ1v) is 4.96. The maximum atomic E-state index is 11.8. The standard InChI is InChI=1S/C13H12N2O/c1-14-15(2)13(16)12-8-7-10-5-3-4-6-11(10)9-12/h3-9H,1H2,2H3. The molecule has 0 atom stereocenters. The minimum absolute atomic E-state index is 0.152. The molecule has 2 rings (SSSR count). The van der Waals surface area contributed by atoms with Gasteiger partial charge in [0.15, 0.2) is 0 Å². The van der Waals surface area contributed by atoms with Gasteiger partial charge in [-0.1, -0.05) is 30.3 Å². The van der Waals surface area contributed by atoms with E-state index in [0.717, 1.165) is 10.8 Å². The van der Waals surface area contributed by atoms with Crippen LogP contribution in [-0.4, -0.2) is 24.7 Å². The summed E-state index contributed by atoms with van der Waals surface area (Å²) < 4.78 is 0. The number of carbonyl (C=O) groups is 1. The average Bonchev–Trinajstić information content (AvgIpc) is 2.36. The fourth-order valence-corrected chi connectivity index (χ4v) is 1.57. The Kier molecular flexibility index (Phi) is 2.68. The summed E-state index contributed by atoms with van der Waals surface area (Å²) in [5.74, 6) is -0.152. The molecule has 0 aliphatic carbocycles. The lowest BCUT2D eigenvalue weighted by molar-refractivity contribution is 0.0801. The normalized spacial score (nSPS) is 10.1. The second kappa shape index (κ2) is 4.14. The number of rotatable bonds is 2. The molecule has 3 nitrogen and oxygen atoms in total. The van der Waals surface area contributed by atoms with Gasteiger partial charge in [0.25, 0.3) is 5.91 Å². The molecule has 2 aromatic carbocycles. The van der Waals surface area contributed by atoms with E-state index in [-0.39, 0.29) is 5.91 Å². The van der Waals surface area contributed by atoms with E-state index in [4.69, 9.17) is 0 Å². The molecule has 0 spiro atoms. The highest BCUT2D eigenvalue weighted by molar-refractivity contribution is 5.98. The Labute approximate surface area is 94.0 Å². The van der Waals surface area contributed by atoms with Gasteiger partial charge >= 0.3 is 0 Å². The maximum Gasteiger partial charge on any atom is 0.273 e. The third-order valence-corrected chi connectivity index (χ3v) is 2.50.